The highest BCUT2D eigenvalue weighted by molar-refractivity contribution is 7.92. The number of halogens is 3. The molecule has 0 aromatic heterocycles. The Kier molecular flexibility index (Phi) is 11.8. The third kappa shape index (κ3) is 8.62. The minimum absolute atomic E-state index is 0.00404. The lowest BCUT2D eigenvalue weighted by atomic mass is 10.0. The van der Waals surface area contributed by atoms with Crippen molar-refractivity contribution in [3.63, 3.8) is 0 Å². The van der Waals surface area contributed by atoms with E-state index < -0.39 is 34.4 Å². The van der Waals surface area contributed by atoms with Crippen LogP contribution in [-0.4, -0.2) is 43.8 Å². The van der Waals surface area contributed by atoms with Gasteiger partial charge in [0.15, 0.2) is 0 Å². The highest BCUT2D eigenvalue weighted by atomic mass is 35.5. The lowest BCUT2D eigenvalue weighted by molar-refractivity contribution is -0.140. The first-order valence-electron chi connectivity index (χ1n) is 14.7. The van der Waals surface area contributed by atoms with Crippen LogP contribution in [0.2, 0.25) is 15.1 Å². The van der Waals surface area contributed by atoms with Gasteiger partial charge >= 0.3 is 0 Å². The number of hydrogen-bond acceptors (Lipinski definition) is 4. The van der Waals surface area contributed by atoms with Gasteiger partial charge < -0.3 is 10.2 Å². The van der Waals surface area contributed by atoms with Crippen LogP contribution >= 0.6 is 34.8 Å². The largest absolute Gasteiger partial charge is 0.352 e. The summed E-state index contributed by atoms with van der Waals surface area (Å²) >= 11 is 19.5. The molecule has 242 valence electrons. The number of nitrogens with one attached hydrogen (secondary N) is 1. The van der Waals surface area contributed by atoms with Gasteiger partial charge in [0.25, 0.3) is 10.0 Å². The van der Waals surface area contributed by atoms with Crippen LogP contribution in [0.4, 0.5) is 5.69 Å². The van der Waals surface area contributed by atoms with Crippen LogP contribution in [0.25, 0.3) is 0 Å². The Morgan fingerprint density at radius 2 is 1.46 bits per heavy atom. The van der Waals surface area contributed by atoms with Gasteiger partial charge in [-0.25, -0.2) is 8.42 Å². The standard InChI is InChI=1S/C35H36Cl3N3O4S/c1-23(2)39-35(43)33(19-26-9-6-5-7-10-26)40(21-29-30(37)11-8-12-31(29)38)34(42)22-41(32-20-27(36)16-15-25(32)4)46(44,45)28-17-13-24(3)14-18-28/h5-18,20,23,33H,19,21-22H2,1-4H3,(H,39,43)/t33-/m1/s1. The highest BCUT2D eigenvalue weighted by Crippen LogP contribution is 2.31. The first-order valence-corrected chi connectivity index (χ1v) is 17.3. The molecule has 7 nitrogen and oxygen atoms in total. The van der Waals surface area contributed by atoms with E-state index in [4.69, 9.17) is 34.8 Å². The monoisotopic (exact) mass is 699 g/mol. The SMILES string of the molecule is Cc1ccc(S(=O)(=O)N(CC(=O)N(Cc2c(Cl)cccc2Cl)[C@H](Cc2ccccc2)C(=O)NC(C)C)c2cc(Cl)ccc2C)cc1. The van der Waals surface area contributed by atoms with Crippen molar-refractivity contribution in [3.05, 3.63) is 128 Å². The van der Waals surface area contributed by atoms with E-state index in [9.17, 15) is 18.0 Å². The highest BCUT2D eigenvalue weighted by Gasteiger charge is 2.36. The number of aryl methyl sites for hydroxylation is 2. The quantitative estimate of drug-likeness (QED) is 0.165. The van der Waals surface area contributed by atoms with Crippen molar-refractivity contribution in [1.82, 2.24) is 10.2 Å². The van der Waals surface area contributed by atoms with E-state index in [1.54, 1.807) is 49.4 Å². The fraction of sp³-hybridized carbons (Fsp3) is 0.257. The van der Waals surface area contributed by atoms with E-state index >= 15 is 0 Å². The molecule has 2 amide bonds. The third-order valence-electron chi connectivity index (χ3n) is 7.42. The number of sulfonamides is 1. The van der Waals surface area contributed by atoms with Gasteiger partial charge in [-0.15, -0.1) is 0 Å². The maximum atomic E-state index is 14.6. The van der Waals surface area contributed by atoms with Gasteiger partial charge in [0, 0.05) is 39.6 Å². The number of amides is 2. The molecule has 1 atom stereocenters. The Bertz CT molecular complexity index is 1780. The number of anilines is 1. The molecule has 0 bridgehead atoms. The zero-order valence-electron chi connectivity index (χ0n) is 26.0. The topological polar surface area (TPSA) is 86.8 Å². The second-order valence-corrected chi connectivity index (χ2v) is 14.5. The van der Waals surface area contributed by atoms with E-state index in [1.807, 2.05) is 51.1 Å². The lowest BCUT2D eigenvalue weighted by Gasteiger charge is -2.34. The summed E-state index contributed by atoms with van der Waals surface area (Å²) in [7, 11) is -4.28. The Hall–Kier alpha value is -3.56. The predicted molar refractivity (Wildman–Crippen MR) is 186 cm³/mol. The first kappa shape index (κ1) is 35.3. The summed E-state index contributed by atoms with van der Waals surface area (Å²) in [4.78, 5) is 29.8. The van der Waals surface area contributed by atoms with Crippen molar-refractivity contribution in [3.8, 4) is 0 Å². The molecule has 46 heavy (non-hydrogen) atoms. The molecule has 11 heteroatoms. The number of hydrogen-bond donors (Lipinski definition) is 1. The van der Waals surface area contributed by atoms with Gasteiger partial charge in [0.2, 0.25) is 11.8 Å². The Balaban J connectivity index is 1.87. The van der Waals surface area contributed by atoms with Gasteiger partial charge in [-0.3, -0.25) is 13.9 Å². The molecule has 0 aliphatic heterocycles. The summed E-state index contributed by atoms with van der Waals surface area (Å²) in [5.41, 5.74) is 2.95. The van der Waals surface area contributed by atoms with Crippen LogP contribution in [0.1, 0.15) is 36.1 Å². The van der Waals surface area contributed by atoms with Gasteiger partial charge in [0.1, 0.15) is 12.6 Å². The first-order chi connectivity index (χ1) is 21.8. The molecule has 0 aliphatic carbocycles. The molecular weight excluding hydrogens is 665 g/mol. The molecule has 0 saturated heterocycles. The van der Waals surface area contributed by atoms with Crippen LogP contribution < -0.4 is 9.62 Å². The van der Waals surface area contributed by atoms with Gasteiger partial charge in [-0.2, -0.15) is 0 Å². The minimum Gasteiger partial charge on any atom is -0.352 e. The van der Waals surface area contributed by atoms with Crippen molar-refractivity contribution >= 4 is 62.3 Å². The molecule has 4 aromatic rings. The van der Waals surface area contributed by atoms with E-state index in [-0.39, 0.29) is 29.6 Å². The summed E-state index contributed by atoms with van der Waals surface area (Å²) in [5.74, 6) is -1.03. The Morgan fingerprint density at radius 3 is 2.07 bits per heavy atom. The third-order valence-corrected chi connectivity index (χ3v) is 10.1. The van der Waals surface area contributed by atoms with E-state index in [0.29, 0.717) is 26.2 Å². The van der Waals surface area contributed by atoms with Crippen LogP contribution in [0.5, 0.6) is 0 Å². The van der Waals surface area contributed by atoms with E-state index in [2.05, 4.69) is 5.32 Å². The molecule has 0 heterocycles. The second-order valence-electron chi connectivity index (χ2n) is 11.3. The van der Waals surface area contributed by atoms with Gasteiger partial charge in [0.05, 0.1) is 10.6 Å². The number of carbonyl (C=O) groups is 2. The Labute approximate surface area is 286 Å². The fourth-order valence-electron chi connectivity index (χ4n) is 4.99. The number of rotatable bonds is 12. The van der Waals surface area contributed by atoms with Crippen LogP contribution in [0.3, 0.4) is 0 Å². The van der Waals surface area contributed by atoms with Crippen molar-refractivity contribution in [2.75, 3.05) is 10.8 Å². The molecular formula is C35H36Cl3N3O4S. The van der Waals surface area contributed by atoms with Gasteiger partial charge in [-0.1, -0.05) is 95.0 Å². The minimum atomic E-state index is -4.28. The average Bonchev–Trinajstić information content (AvgIpc) is 3.00. The molecule has 0 aliphatic rings. The summed E-state index contributed by atoms with van der Waals surface area (Å²) in [6, 6.07) is 24.2. The van der Waals surface area contributed by atoms with Crippen molar-refractivity contribution in [2.45, 2.75) is 57.6 Å². The van der Waals surface area contributed by atoms with Crippen LogP contribution in [0, 0.1) is 13.8 Å². The summed E-state index contributed by atoms with van der Waals surface area (Å²) in [6.45, 7) is 6.47. The molecule has 0 unspecified atom stereocenters. The summed E-state index contributed by atoms with van der Waals surface area (Å²) in [6.07, 6.45) is 0.161. The maximum absolute atomic E-state index is 14.6. The van der Waals surface area contributed by atoms with Crippen LogP contribution in [-0.2, 0) is 32.6 Å². The average molecular weight is 701 g/mol. The Morgan fingerprint density at radius 1 is 0.826 bits per heavy atom. The smallest absolute Gasteiger partial charge is 0.264 e. The van der Waals surface area contributed by atoms with Crippen molar-refractivity contribution < 1.29 is 18.0 Å². The second kappa shape index (κ2) is 15.4. The molecule has 0 fully saturated rings. The van der Waals surface area contributed by atoms with E-state index in [1.165, 1.54) is 23.1 Å². The summed E-state index contributed by atoms with van der Waals surface area (Å²) in [5, 5.41) is 3.85. The normalized spacial score (nSPS) is 12.1. The summed E-state index contributed by atoms with van der Waals surface area (Å²) < 4.78 is 29.6. The van der Waals surface area contributed by atoms with Crippen molar-refractivity contribution in [2.24, 2.45) is 0 Å². The van der Waals surface area contributed by atoms with Crippen molar-refractivity contribution in [1.29, 1.82) is 0 Å². The van der Waals surface area contributed by atoms with Crippen LogP contribution in [0.15, 0.2) is 95.9 Å². The zero-order valence-corrected chi connectivity index (χ0v) is 29.1. The van der Waals surface area contributed by atoms with E-state index in [0.717, 1.165) is 15.4 Å². The zero-order chi connectivity index (χ0) is 33.6. The lowest BCUT2D eigenvalue weighted by Crippen LogP contribution is -2.54. The predicted octanol–water partition coefficient (Wildman–Crippen LogP) is 7.62. The molecule has 4 aromatic carbocycles. The molecule has 4 rings (SSSR count). The molecule has 0 saturated carbocycles. The van der Waals surface area contributed by atoms with Gasteiger partial charge in [-0.05, 0) is 75.2 Å². The maximum Gasteiger partial charge on any atom is 0.264 e. The molecule has 0 spiro atoms. The molecule has 0 radical (unpaired) electrons. The molecule has 1 N–H and O–H groups in total. The number of benzene rings is 4. The number of carbonyl (C=O) groups excluding carboxylic acids is 2. The number of nitrogens with zero attached hydrogens (tertiary/aromatic N) is 2. The fourth-order valence-corrected chi connectivity index (χ4v) is 7.14.